The van der Waals surface area contributed by atoms with Crippen LogP contribution in [-0.4, -0.2) is 19.0 Å². The summed E-state index contributed by atoms with van der Waals surface area (Å²) in [4.78, 5) is 25.9. The molecule has 4 heteroatoms. The normalized spacial score (nSPS) is 12.0. The van der Waals surface area contributed by atoms with Crippen molar-refractivity contribution in [3.63, 3.8) is 0 Å². The van der Waals surface area contributed by atoms with E-state index in [4.69, 9.17) is 0 Å². The summed E-state index contributed by atoms with van der Waals surface area (Å²) in [5, 5.41) is 0. The van der Waals surface area contributed by atoms with Crippen LogP contribution in [0, 0.1) is 11.8 Å². The highest BCUT2D eigenvalue weighted by atomic mass is 16.5. The number of esters is 1. The standard InChI is InChI=1S/C22H21NO3/c1-26-22(25)13-7-6-12-21(24)23-16-19-10-3-2-8-17(19)14-15-18-9-4-5-11-20(18)23/h2-5,8-11H,6-7,12-13,16H2,1H3. The average molecular weight is 347 g/mol. The Morgan fingerprint density at radius 3 is 2.42 bits per heavy atom. The number of benzene rings is 2. The van der Waals surface area contributed by atoms with Crippen molar-refractivity contribution in [2.75, 3.05) is 12.0 Å². The molecule has 0 N–H and O–H groups in total. The fourth-order valence-corrected chi connectivity index (χ4v) is 2.99. The van der Waals surface area contributed by atoms with Crippen LogP contribution in [0.3, 0.4) is 0 Å². The number of carbonyl (C=O) groups is 2. The van der Waals surface area contributed by atoms with Gasteiger partial charge in [0.1, 0.15) is 0 Å². The summed E-state index contributed by atoms with van der Waals surface area (Å²) in [5.41, 5.74) is 3.68. The molecule has 26 heavy (non-hydrogen) atoms. The number of methoxy groups -OCH3 is 1. The van der Waals surface area contributed by atoms with Gasteiger partial charge in [-0.25, -0.2) is 0 Å². The van der Waals surface area contributed by atoms with Crippen LogP contribution in [0.4, 0.5) is 5.69 Å². The van der Waals surface area contributed by atoms with Gasteiger partial charge in [0.2, 0.25) is 5.91 Å². The van der Waals surface area contributed by atoms with Gasteiger partial charge in [-0.3, -0.25) is 9.59 Å². The van der Waals surface area contributed by atoms with Crippen LogP contribution in [0.1, 0.15) is 42.4 Å². The van der Waals surface area contributed by atoms with Crippen LogP contribution < -0.4 is 4.90 Å². The maximum atomic E-state index is 12.9. The predicted molar refractivity (Wildman–Crippen MR) is 101 cm³/mol. The van der Waals surface area contributed by atoms with E-state index in [-0.39, 0.29) is 11.9 Å². The van der Waals surface area contributed by atoms with Crippen molar-refractivity contribution in [3.8, 4) is 11.8 Å². The average Bonchev–Trinajstić information content (AvgIpc) is 2.66. The zero-order chi connectivity index (χ0) is 18.4. The third kappa shape index (κ3) is 4.12. The van der Waals surface area contributed by atoms with Gasteiger partial charge >= 0.3 is 5.97 Å². The van der Waals surface area contributed by atoms with E-state index >= 15 is 0 Å². The Kier molecular flexibility index (Phi) is 5.70. The van der Waals surface area contributed by atoms with Crippen LogP contribution in [0.5, 0.6) is 0 Å². The maximum absolute atomic E-state index is 12.9. The van der Waals surface area contributed by atoms with Crippen LogP contribution in [0.15, 0.2) is 48.5 Å². The number of nitrogens with zero attached hydrogens (tertiary/aromatic N) is 1. The summed E-state index contributed by atoms with van der Waals surface area (Å²) < 4.78 is 4.64. The summed E-state index contributed by atoms with van der Waals surface area (Å²) in [5.74, 6) is 6.21. The molecule has 1 heterocycles. The minimum Gasteiger partial charge on any atom is -0.469 e. The molecule has 1 aliphatic rings. The number of unbranched alkanes of at least 4 members (excludes halogenated alkanes) is 1. The minimum absolute atomic E-state index is 0.0424. The molecule has 0 aromatic heterocycles. The molecular weight excluding hydrogens is 326 g/mol. The van der Waals surface area contributed by atoms with E-state index in [0.717, 1.165) is 22.4 Å². The third-order valence-corrected chi connectivity index (χ3v) is 4.42. The van der Waals surface area contributed by atoms with Crippen LogP contribution in [-0.2, 0) is 20.9 Å². The van der Waals surface area contributed by atoms with Gasteiger partial charge in [-0.05, 0) is 36.6 Å². The highest BCUT2D eigenvalue weighted by Crippen LogP contribution is 2.26. The number of fused-ring (bicyclic) bond motifs is 2. The van der Waals surface area contributed by atoms with Gasteiger partial charge in [-0.2, -0.15) is 0 Å². The van der Waals surface area contributed by atoms with Crippen LogP contribution in [0.25, 0.3) is 0 Å². The van der Waals surface area contributed by atoms with Crippen molar-refractivity contribution in [2.45, 2.75) is 32.2 Å². The Bertz CT molecular complexity index is 876. The van der Waals surface area contributed by atoms with E-state index in [0.29, 0.717) is 32.2 Å². The number of hydrogen-bond donors (Lipinski definition) is 0. The van der Waals surface area contributed by atoms with Crippen LogP contribution in [0.2, 0.25) is 0 Å². The van der Waals surface area contributed by atoms with Crippen molar-refractivity contribution in [1.82, 2.24) is 0 Å². The van der Waals surface area contributed by atoms with Gasteiger partial charge in [-0.1, -0.05) is 42.2 Å². The lowest BCUT2D eigenvalue weighted by Crippen LogP contribution is -2.31. The second kappa shape index (κ2) is 8.35. The highest BCUT2D eigenvalue weighted by Gasteiger charge is 2.20. The highest BCUT2D eigenvalue weighted by molar-refractivity contribution is 5.95. The monoisotopic (exact) mass is 347 g/mol. The Labute approximate surface area is 153 Å². The first-order chi connectivity index (χ1) is 12.7. The molecule has 0 fully saturated rings. The minimum atomic E-state index is -0.238. The second-order valence-corrected chi connectivity index (χ2v) is 6.19. The van der Waals surface area contributed by atoms with Gasteiger partial charge in [0.25, 0.3) is 0 Å². The molecule has 0 aliphatic carbocycles. The SMILES string of the molecule is COC(=O)CCCCC(=O)N1Cc2ccccc2C#Cc2ccccc21. The molecule has 0 saturated carbocycles. The Morgan fingerprint density at radius 2 is 1.62 bits per heavy atom. The topological polar surface area (TPSA) is 46.6 Å². The molecule has 0 unspecified atom stereocenters. The van der Waals surface area contributed by atoms with E-state index in [1.54, 1.807) is 4.90 Å². The lowest BCUT2D eigenvalue weighted by Gasteiger charge is -2.26. The lowest BCUT2D eigenvalue weighted by atomic mass is 10.0. The number of carbonyl (C=O) groups excluding carboxylic acids is 2. The molecule has 0 radical (unpaired) electrons. The zero-order valence-corrected chi connectivity index (χ0v) is 14.8. The predicted octanol–water partition coefficient (Wildman–Crippen LogP) is 3.67. The first-order valence-corrected chi connectivity index (χ1v) is 8.75. The van der Waals surface area contributed by atoms with Gasteiger partial charge < -0.3 is 9.64 Å². The van der Waals surface area contributed by atoms with Gasteiger partial charge in [-0.15, -0.1) is 0 Å². The quantitative estimate of drug-likeness (QED) is 0.471. The molecule has 1 amide bonds. The summed E-state index contributed by atoms with van der Waals surface area (Å²) in [6.45, 7) is 0.498. The van der Waals surface area contributed by atoms with Gasteiger partial charge in [0.15, 0.2) is 0 Å². The van der Waals surface area contributed by atoms with Gasteiger partial charge in [0.05, 0.1) is 19.3 Å². The largest absolute Gasteiger partial charge is 0.469 e. The molecule has 2 aromatic rings. The van der Waals surface area contributed by atoms with Crippen molar-refractivity contribution in [3.05, 3.63) is 65.2 Å². The molecule has 4 nitrogen and oxygen atoms in total. The number of amides is 1. The molecule has 0 saturated heterocycles. The van der Waals surface area contributed by atoms with Crippen molar-refractivity contribution in [1.29, 1.82) is 0 Å². The first kappa shape index (κ1) is 17.8. The first-order valence-electron chi connectivity index (χ1n) is 8.75. The van der Waals surface area contributed by atoms with E-state index in [1.165, 1.54) is 7.11 Å². The Morgan fingerprint density at radius 1 is 0.962 bits per heavy atom. The lowest BCUT2D eigenvalue weighted by molar-refractivity contribution is -0.140. The summed E-state index contributed by atoms with van der Waals surface area (Å²) >= 11 is 0. The summed E-state index contributed by atoms with van der Waals surface area (Å²) in [6, 6.07) is 15.6. The van der Waals surface area contributed by atoms with Crippen molar-refractivity contribution >= 4 is 17.6 Å². The van der Waals surface area contributed by atoms with E-state index in [1.807, 2.05) is 48.5 Å². The fraction of sp³-hybridized carbons (Fsp3) is 0.273. The summed E-state index contributed by atoms with van der Waals surface area (Å²) in [6.07, 6.45) is 2.03. The van der Waals surface area contributed by atoms with Gasteiger partial charge in [0, 0.05) is 24.0 Å². The smallest absolute Gasteiger partial charge is 0.305 e. The van der Waals surface area contributed by atoms with Crippen molar-refractivity contribution < 1.29 is 14.3 Å². The fourth-order valence-electron chi connectivity index (χ4n) is 2.99. The molecule has 132 valence electrons. The third-order valence-electron chi connectivity index (χ3n) is 4.42. The molecule has 2 aromatic carbocycles. The number of rotatable bonds is 5. The van der Waals surface area contributed by atoms with E-state index in [9.17, 15) is 9.59 Å². The van der Waals surface area contributed by atoms with Crippen molar-refractivity contribution in [2.24, 2.45) is 0 Å². The number of anilines is 1. The molecule has 1 aliphatic heterocycles. The molecular formula is C22H21NO3. The molecule has 0 atom stereocenters. The van der Waals surface area contributed by atoms with E-state index in [2.05, 4.69) is 16.6 Å². The Hall–Kier alpha value is -3.06. The Balaban J connectivity index is 1.81. The summed E-state index contributed by atoms with van der Waals surface area (Å²) in [7, 11) is 1.38. The second-order valence-electron chi connectivity index (χ2n) is 6.19. The molecule has 0 spiro atoms. The molecule has 3 rings (SSSR count). The number of ether oxygens (including phenoxy) is 1. The number of para-hydroxylation sites is 1. The van der Waals surface area contributed by atoms with E-state index < -0.39 is 0 Å². The van der Waals surface area contributed by atoms with Crippen LogP contribution >= 0.6 is 0 Å². The number of hydrogen-bond acceptors (Lipinski definition) is 3. The zero-order valence-electron chi connectivity index (χ0n) is 14.8. The molecule has 0 bridgehead atoms. The maximum Gasteiger partial charge on any atom is 0.305 e.